The summed E-state index contributed by atoms with van der Waals surface area (Å²) < 4.78 is 4.95. The minimum atomic E-state index is -0.515. The van der Waals surface area contributed by atoms with Gasteiger partial charge in [0, 0.05) is 32.7 Å². The first-order chi connectivity index (χ1) is 12.1. The number of carbonyl (C=O) groups is 3. The van der Waals surface area contributed by atoms with E-state index in [0.29, 0.717) is 39.3 Å². The molecule has 0 saturated carbocycles. The predicted octanol–water partition coefficient (Wildman–Crippen LogP) is 0.787. The van der Waals surface area contributed by atoms with E-state index in [4.69, 9.17) is 4.74 Å². The van der Waals surface area contributed by atoms with Gasteiger partial charge in [-0.15, -0.1) is 0 Å². The fraction of sp³-hybridized carbons (Fsp3) is 0.471. The molecule has 0 aliphatic carbocycles. The zero-order valence-corrected chi connectivity index (χ0v) is 14.4. The summed E-state index contributed by atoms with van der Waals surface area (Å²) >= 11 is 0. The van der Waals surface area contributed by atoms with Crippen molar-refractivity contribution < 1.29 is 19.1 Å². The number of benzene rings is 1. The van der Waals surface area contributed by atoms with Gasteiger partial charge in [-0.1, -0.05) is 30.3 Å². The van der Waals surface area contributed by atoms with Crippen molar-refractivity contribution in [3.63, 3.8) is 0 Å². The molecule has 0 atom stereocenters. The zero-order chi connectivity index (χ0) is 18.1. The van der Waals surface area contributed by atoms with Gasteiger partial charge in [0.15, 0.2) is 0 Å². The van der Waals surface area contributed by atoms with E-state index in [0.717, 1.165) is 5.56 Å². The zero-order valence-electron chi connectivity index (χ0n) is 14.4. The topological polar surface area (TPSA) is 91.0 Å². The maximum absolute atomic E-state index is 11.9. The van der Waals surface area contributed by atoms with Gasteiger partial charge in [0.05, 0.1) is 13.2 Å². The molecule has 0 aromatic heterocycles. The Morgan fingerprint density at radius 1 is 1.08 bits per heavy atom. The minimum Gasteiger partial charge on any atom is -0.450 e. The van der Waals surface area contributed by atoms with E-state index in [2.05, 4.69) is 10.6 Å². The van der Waals surface area contributed by atoms with Gasteiger partial charge in [-0.3, -0.25) is 15.0 Å². The van der Waals surface area contributed by atoms with Crippen LogP contribution in [0.3, 0.4) is 0 Å². The number of ether oxygens (including phenoxy) is 1. The van der Waals surface area contributed by atoms with Gasteiger partial charge >= 0.3 is 12.1 Å². The molecule has 1 fully saturated rings. The van der Waals surface area contributed by atoms with E-state index in [1.807, 2.05) is 35.2 Å². The van der Waals surface area contributed by atoms with Crippen molar-refractivity contribution in [3.8, 4) is 0 Å². The SMILES string of the molecule is CCOC(=O)N1CCN(CC(=O)NC(=O)NCc2ccccc2)CC1. The van der Waals surface area contributed by atoms with Crippen molar-refractivity contribution in [1.82, 2.24) is 20.4 Å². The molecular weight excluding hydrogens is 324 g/mol. The second-order valence-electron chi connectivity index (χ2n) is 5.68. The summed E-state index contributed by atoms with van der Waals surface area (Å²) in [6, 6.07) is 8.94. The summed E-state index contributed by atoms with van der Waals surface area (Å²) in [7, 11) is 0. The molecular formula is C17H24N4O4. The lowest BCUT2D eigenvalue weighted by Gasteiger charge is -2.33. The third-order valence-electron chi connectivity index (χ3n) is 3.81. The molecule has 0 unspecified atom stereocenters. The Hall–Kier alpha value is -2.61. The lowest BCUT2D eigenvalue weighted by Crippen LogP contribution is -2.52. The number of hydrogen-bond acceptors (Lipinski definition) is 5. The van der Waals surface area contributed by atoms with E-state index >= 15 is 0 Å². The lowest BCUT2D eigenvalue weighted by atomic mass is 10.2. The summed E-state index contributed by atoms with van der Waals surface area (Å²) in [5.41, 5.74) is 0.959. The van der Waals surface area contributed by atoms with Gasteiger partial charge < -0.3 is 15.0 Å². The molecule has 1 aliphatic rings. The first kappa shape index (κ1) is 18.7. The summed E-state index contributed by atoms with van der Waals surface area (Å²) in [6.07, 6.45) is -0.327. The molecule has 0 spiro atoms. The normalized spacial score (nSPS) is 14.7. The van der Waals surface area contributed by atoms with Crippen LogP contribution in [0, 0.1) is 0 Å². The Bertz CT molecular complexity index is 586. The highest BCUT2D eigenvalue weighted by atomic mass is 16.6. The van der Waals surface area contributed by atoms with Crippen molar-refractivity contribution in [2.24, 2.45) is 0 Å². The molecule has 1 aliphatic heterocycles. The van der Waals surface area contributed by atoms with Crippen molar-refractivity contribution in [2.75, 3.05) is 39.3 Å². The van der Waals surface area contributed by atoms with E-state index in [-0.39, 0.29) is 18.5 Å². The van der Waals surface area contributed by atoms with E-state index < -0.39 is 6.03 Å². The average Bonchev–Trinajstić information content (AvgIpc) is 2.61. The highest BCUT2D eigenvalue weighted by molar-refractivity contribution is 5.95. The quantitative estimate of drug-likeness (QED) is 0.821. The van der Waals surface area contributed by atoms with E-state index in [1.165, 1.54) is 0 Å². The van der Waals surface area contributed by atoms with Gasteiger partial charge in [-0.25, -0.2) is 9.59 Å². The van der Waals surface area contributed by atoms with Crippen LogP contribution in [0.2, 0.25) is 0 Å². The van der Waals surface area contributed by atoms with Crippen LogP contribution < -0.4 is 10.6 Å². The number of carbonyl (C=O) groups excluding carboxylic acids is 3. The second kappa shape index (κ2) is 9.63. The van der Waals surface area contributed by atoms with Crippen LogP contribution in [-0.2, 0) is 16.1 Å². The van der Waals surface area contributed by atoms with Gasteiger partial charge in [-0.2, -0.15) is 0 Å². The Labute approximate surface area is 147 Å². The number of nitrogens with one attached hydrogen (secondary N) is 2. The monoisotopic (exact) mass is 348 g/mol. The Morgan fingerprint density at radius 3 is 2.40 bits per heavy atom. The molecule has 4 amide bonds. The summed E-state index contributed by atoms with van der Waals surface area (Å²) in [6.45, 7) is 4.74. The molecule has 25 heavy (non-hydrogen) atoms. The smallest absolute Gasteiger partial charge is 0.409 e. The average molecular weight is 348 g/mol. The first-order valence-corrected chi connectivity index (χ1v) is 8.34. The molecule has 8 heteroatoms. The lowest BCUT2D eigenvalue weighted by molar-refractivity contribution is -0.121. The van der Waals surface area contributed by atoms with Crippen LogP contribution in [0.25, 0.3) is 0 Å². The predicted molar refractivity (Wildman–Crippen MR) is 91.9 cm³/mol. The Morgan fingerprint density at radius 2 is 1.76 bits per heavy atom. The second-order valence-corrected chi connectivity index (χ2v) is 5.68. The minimum absolute atomic E-state index is 0.120. The van der Waals surface area contributed by atoms with Gasteiger partial charge in [0.1, 0.15) is 0 Å². The van der Waals surface area contributed by atoms with Crippen LogP contribution in [0.1, 0.15) is 12.5 Å². The molecule has 1 aromatic carbocycles. The molecule has 0 bridgehead atoms. The number of piperazine rings is 1. The van der Waals surface area contributed by atoms with Crippen LogP contribution in [0.4, 0.5) is 9.59 Å². The fourth-order valence-electron chi connectivity index (χ4n) is 2.49. The van der Waals surface area contributed by atoms with Crippen molar-refractivity contribution in [1.29, 1.82) is 0 Å². The summed E-state index contributed by atoms with van der Waals surface area (Å²) in [5.74, 6) is -0.366. The van der Waals surface area contributed by atoms with Crippen molar-refractivity contribution in [2.45, 2.75) is 13.5 Å². The fourth-order valence-corrected chi connectivity index (χ4v) is 2.49. The Kier molecular flexibility index (Phi) is 7.21. The largest absolute Gasteiger partial charge is 0.450 e. The molecule has 1 saturated heterocycles. The number of rotatable bonds is 5. The van der Waals surface area contributed by atoms with Crippen LogP contribution in [0.15, 0.2) is 30.3 Å². The first-order valence-electron chi connectivity index (χ1n) is 8.34. The number of nitrogens with zero attached hydrogens (tertiary/aromatic N) is 2. The van der Waals surface area contributed by atoms with Crippen LogP contribution >= 0.6 is 0 Å². The summed E-state index contributed by atoms with van der Waals surface area (Å²) in [4.78, 5) is 38.8. The van der Waals surface area contributed by atoms with E-state index in [1.54, 1.807) is 11.8 Å². The molecule has 136 valence electrons. The van der Waals surface area contributed by atoms with Gasteiger partial charge in [0.2, 0.25) is 5.91 Å². The molecule has 2 rings (SSSR count). The standard InChI is InChI=1S/C17H24N4O4/c1-2-25-17(24)21-10-8-20(9-11-21)13-15(22)19-16(23)18-12-14-6-4-3-5-7-14/h3-7H,2,8-13H2,1H3,(H2,18,19,22,23). The van der Waals surface area contributed by atoms with Crippen LogP contribution in [-0.4, -0.2) is 67.2 Å². The molecule has 0 radical (unpaired) electrons. The molecule has 8 nitrogen and oxygen atoms in total. The number of urea groups is 1. The third-order valence-corrected chi connectivity index (χ3v) is 3.81. The number of hydrogen-bond donors (Lipinski definition) is 2. The number of amides is 4. The maximum atomic E-state index is 11.9. The molecule has 1 heterocycles. The van der Waals surface area contributed by atoms with Gasteiger partial charge in [0.25, 0.3) is 0 Å². The molecule has 1 aromatic rings. The van der Waals surface area contributed by atoms with Crippen molar-refractivity contribution in [3.05, 3.63) is 35.9 Å². The van der Waals surface area contributed by atoms with Crippen LogP contribution in [0.5, 0.6) is 0 Å². The highest BCUT2D eigenvalue weighted by Crippen LogP contribution is 2.03. The highest BCUT2D eigenvalue weighted by Gasteiger charge is 2.23. The maximum Gasteiger partial charge on any atom is 0.409 e. The summed E-state index contributed by atoms with van der Waals surface area (Å²) in [5, 5.41) is 4.96. The number of imide groups is 1. The molecule has 2 N–H and O–H groups in total. The Balaban J connectivity index is 1.65. The van der Waals surface area contributed by atoms with E-state index in [9.17, 15) is 14.4 Å². The third kappa shape index (κ3) is 6.42. The van der Waals surface area contributed by atoms with Gasteiger partial charge in [-0.05, 0) is 12.5 Å². The van der Waals surface area contributed by atoms with Crippen molar-refractivity contribution >= 4 is 18.0 Å².